The fourth-order valence-corrected chi connectivity index (χ4v) is 4.86. The second-order valence-electron chi connectivity index (χ2n) is 8.13. The van der Waals surface area contributed by atoms with Crippen LogP contribution in [0.15, 0.2) is 17.1 Å². The van der Waals surface area contributed by atoms with Gasteiger partial charge >= 0.3 is 0 Å². The molecule has 3 rings (SSSR count). The summed E-state index contributed by atoms with van der Waals surface area (Å²) in [5, 5.41) is 20.5. The fraction of sp³-hybridized carbons (Fsp3) is 0.455. The molecule has 0 radical (unpaired) electrons. The highest BCUT2D eigenvalue weighted by Crippen LogP contribution is 2.45. The van der Waals surface area contributed by atoms with Crippen molar-refractivity contribution in [1.29, 1.82) is 5.26 Å². The lowest BCUT2D eigenvalue weighted by molar-refractivity contribution is 0.218. The highest BCUT2D eigenvalue weighted by atomic mass is 32.1. The molecule has 2 aromatic rings. The number of rotatable bonds is 4. The second-order valence-corrected chi connectivity index (χ2v) is 9.22. The Morgan fingerprint density at radius 1 is 1.25 bits per heavy atom. The Balaban J connectivity index is 1.94. The Hall–Kier alpha value is -2.52. The van der Waals surface area contributed by atoms with E-state index in [1.807, 2.05) is 0 Å². The van der Waals surface area contributed by atoms with Crippen LogP contribution in [0.2, 0.25) is 0 Å². The van der Waals surface area contributed by atoms with E-state index in [0.717, 1.165) is 29.8 Å². The summed E-state index contributed by atoms with van der Waals surface area (Å²) in [6, 6.07) is 5.74. The zero-order valence-electron chi connectivity index (χ0n) is 17.0. The highest BCUT2D eigenvalue weighted by molar-refractivity contribution is 7.16. The molecule has 148 valence electrons. The zero-order chi connectivity index (χ0) is 20.5. The van der Waals surface area contributed by atoms with Gasteiger partial charge in [-0.3, -0.25) is 0 Å². The van der Waals surface area contributed by atoms with E-state index in [9.17, 15) is 10.4 Å². The third-order valence-electron chi connectivity index (χ3n) is 5.42. The number of nitriles is 1. The molecule has 28 heavy (non-hydrogen) atoms. The Kier molecular flexibility index (Phi) is 5.66. The normalized spacial score (nSPS) is 16.6. The summed E-state index contributed by atoms with van der Waals surface area (Å²) in [7, 11) is 2.98. The minimum atomic E-state index is -0.0420. The molecule has 5 nitrogen and oxygen atoms in total. The first kappa shape index (κ1) is 20.2. The van der Waals surface area contributed by atoms with Crippen LogP contribution in [0.5, 0.6) is 17.2 Å². The number of fused-ring (bicyclic) bond motifs is 1. The van der Waals surface area contributed by atoms with Crippen LogP contribution < -0.4 is 9.47 Å². The average Bonchev–Trinajstić information content (AvgIpc) is 3.03. The molecule has 0 saturated carbocycles. The minimum absolute atomic E-state index is 0.0420. The SMILES string of the molecule is COc1cc(C=Nc2sc3c(c2C#N)CC[C@H](C(C)(C)C)C3)cc(OC)c1O. The Morgan fingerprint density at radius 3 is 2.43 bits per heavy atom. The number of phenols is 1. The van der Waals surface area contributed by atoms with E-state index >= 15 is 0 Å². The van der Waals surface area contributed by atoms with Gasteiger partial charge in [0.05, 0.1) is 19.8 Å². The molecule has 0 aliphatic heterocycles. The van der Waals surface area contributed by atoms with Gasteiger partial charge in [-0.2, -0.15) is 5.26 Å². The topological polar surface area (TPSA) is 74.8 Å². The Morgan fingerprint density at radius 2 is 1.89 bits per heavy atom. The lowest BCUT2D eigenvalue weighted by Crippen LogP contribution is -2.26. The molecule has 1 heterocycles. The molecule has 6 heteroatoms. The van der Waals surface area contributed by atoms with Crippen molar-refractivity contribution in [2.75, 3.05) is 14.2 Å². The van der Waals surface area contributed by atoms with Gasteiger partial charge in [0.15, 0.2) is 11.5 Å². The summed E-state index contributed by atoms with van der Waals surface area (Å²) in [4.78, 5) is 5.89. The number of hydrogen-bond acceptors (Lipinski definition) is 6. The highest BCUT2D eigenvalue weighted by Gasteiger charge is 2.32. The largest absolute Gasteiger partial charge is 0.502 e. The molecule has 0 bridgehead atoms. The molecule has 1 atom stereocenters. The average molecular weight is 399 g/mol. The van der Waals surface area contributed by atoms with E-state index in [4.69, 9.17) is 9.47 Å². The van der Waals surface area contributed by atoms with Crippen LogP contribution in [0.4, 0.5) is 5.00 Å². The third kappa shape index (κ3) is 3.85. The lowest BCUT2D eigenvalue weighted by Gasteiger charge is -2.33. The monoisotopic (exact) mass is 398 g/mol. The lowest BCUT2D eigenvalue weighted by atomic mass is 9.72. The quantitative estimate of drug-likeness (QED) is 0.714. The molecule has 1 aliphatic carbocycles. The number of thiophene rings is 1. The zero-order valence-corrected chi connectivity index (χ0v) is 17.8. The van der Waals surface area contributed by atoms with Crippen molar-refractivity contribution in [3.05, 3.63) is 33.7 Å². The van der Waals surface area contributed by atoms with Crippen molar-refractivity contribution in [2.45, 2.75) is 40.0 Å². The van der Waals surface area contributed by atoms with Crippen molar-refractivity contribution in [1.82, 2.24) is 0 Å². The molecule has 1 aromatic heterocycles. The summed E-state index contributed by atoms with van der Waals surface area (Å²) < 4.78 is 10.4. The van der Waals surface area contributed by atoms with Crippen molar-refractivity contribution >= 4 is 22.6 Å². The Bertz CT molecular complexity index is 923. The van der Waals surface area contributed by atoms with Gasteiger partial charge in [0, 0.05) is 16.7 Å². The smallest absolute Gasteiger partial charge is 0.200 e. The van der Waals surface area contributed by atoms with Crippen LogP contribution in [-0.4, -0.2) is 25.5 Å². The Labute approximate surface area is 170 Å². The molecule has 0 saturated heterocycles. The first-order chi connectivity index (χ1) is 13.3. The standard InChI is InChI=1S/C22H26N2O3S/c1-22(2,3)14-6-7-15-16(11-23)21(28-19(15)10-14)24-12-13-8-17(26-4)20(25)18(9-13)27-5/h8-9,12,14,25H,6-7,10H2,1-5H3/t14-/m0/s1. The number of aliphatic imine (C=N–C) groups is 1. The number of phenolic OH excluding ortho intramolecular Hbond substituents is 1. The summed E-state index contributed by atoms with van der Waals surface area (Å²) in [5.41, 5.74) is 2.86. The van der Waals surface area contributed by atoms with Crippen LogP contribution in [0.3, 0.4) is 0 Å². The summed E-state index contributed by atoms with van der Waals surface area (Å²) in [6.45, 7) is 6.85. The van der Waals surface area contributed by atoms with Crippen molar-refractivity contribution < 1.29 is 14.6 Å². The molecule has 0 unspecified atom stereocenters. The summed E-state index contributed by atoms with van der Waals surface area (Å²) in [6.07, 6.45) is 4.74. The number of benzene rings is 1. The minimum Gasteiger partial charge on any atom is -0.502 e. The number of aromatic hydroxyl groups is 1. The van der Waals surface area contributed by atoms with Gasteiger partial charge in [-0.1, -0.05) is 20.8 Å². The van der Waals surface area contributed by atoms with Crippen molar-refractivity contribution in [2.24, 2.45) is 16.3 Å². The van der Waals surface area contributed by atoms with Gasteiger partial charge in [0.2, 0.25) is 5.75 Å². The number of hydrogen-bond donors (Lipinski definition) is 1. The molecule has 0 amide bonds. The van der Waals surface area contributed by atoms with E-state index in [1.54, 1.807) is 29.7 Å². The van der Waals surface area contributed by atoms with Gasteiger partial charge < -0.3 is 14.6 Å². The van der Waals surface area contributed by atoms with E-state index in [-0.39, 0.29) is 11.2 Å². The molecule has 1 aliphatic rings. The first-order valence-corrected chi connectivity index (χ1v) is 10.1. The third-order valence-corrected chi connectivity index (χ3v) is 6.58. The van der Waals surface area contributed by atoms with Crippen LogP contribution in [-0.2, 0) is 12.8 Å². The van der Waals surface area contributed by atoms with Crippen molar-refractivity contribution in [3.63, 3.8) is 0 Å². The molecule has 1 aromatic carbocycles. The summed E-state index contributed by atoms with van der Waals surface area (Å²) >= 11 is 1.62. The van der Waals surface area contributed by atoms with Crippen LogP contribution in [0.25, 0.3) is 0 Å². The molecular formula is C22H26N2O3S. The van der Waals surface area contributed by atoms with E-state index in [2.05, 4.69) is 31.8 Å². The molecular weight excluding hydrogens is 372 g/mol. The van der Waals surface area contributed by atoms with E-state index in [0.29, 0.717) is 23.0 Å². The fourth-order valence-electron chi connectivity index (χ4n) is 3.64. The van der Waals surface area contributed by atoms with E-state index < -0.39 is 0 Å². The van der Waals surface area contributed by atoms with Gasteiger partial charge in [0.1, 0.15) is 11.1 Å². The van der Waals surface area contributed by atoms with Gasteiger partial charge in [-0.15, -0.1) is 11.3 Å². The van der Waals surface area contributed by atoms with Gasteiger partial charge in [-0.25, -0.2) is 4.99 Å². The molecule has 1 N–H and O–H groups in total. The number of ether oxygens (including phenoxy) is 2. The van der Waals surface area contributed by atoms with Crippen molar-refractivity contribution in [3.8, 4) is 23.3 Å². The van der Waals surface area contributed by atoms with Crippen LogP contribution in [0, 0.1) is 22.7 Å². The van der Waals surface area contributed by atoms with Crippen LogP contribution >= 0.6 is 11.3 Å². The predicted molar refractivity (Wildman–Crippen MR) is 112 cm³/mol. The van der Waals surface area contributed by atoms with E-state index in [1.165, 1.54) is 24.7 Å². The molecule has 0 spiro atoms. The predicted octanol–water partition coefficient (Wildman–Crippen LogP) is 5.24. The van der Waals surface area contributed by atoms with Gasteiger partial charge in [0.25, 0.3) is 0 Å². The maximum absolute atomic E-state index is 10.0. The maximum atomic E-state index is 10.0. The summed E-state index contributed by atoms with van der Waals surface area (Å²) in [5.74, 6) is 1.21. The van der Waals surface area contributed by atoms with Gasteiger partial charge in [-0.05, 0) is 48.3 Å². The maximum Gasteiger partial charge on any atom is 0.200 e. The number of nitrogens with zero attached hydrogens (tertiary/aromatic N) is 2. The molecule has 0 fully saturated rings. The first-order valence-electron chi connectivity index (χ1n) is 9.32. The second kappa shape index (κ2) is 7.84. The number of methoxy groups -OCH3 is 2. The van der Waals surface area contributed by atoms with Crippen LogP contribution in [0.1, 0.15) is 48.8 Å².